The van der Waals surface area contributed by atoms with E-state index in [0.29, 0.717) is 11.6 Å². The van der Waals surface area contributed by atoms with Crippen molar-refractivity contribution in [3.05, 3.63) is 28.8 Å². The van der Waals surface area contributed by atoms with Crippen molar-refractivity contribution in [3.63, 3.8) is 0 Å². The molecule has 0 saturated heterocycles. The summed E-state index contributed by atoms with van der Waals surface area (Å²) in [6.45, 7) is 4.29. The molecule has 1 N–H and O–H groups in total. The molecule has 1 rings (SSSR count). The first-order chi connectivity index (χ1) is 6.13. The van der Waals surface area contributed by atoms with Crippen molar-refractivity contribution in [1.82, 2.24) is 0 Å². The Morgan fingerprint density at radius 3 is 2.69 bits per heavy atom. The molecule has 0 radical (unpaired) electrons. The lowest BCUT2D eigenvalue weighted by Crippen LogP contribution is -2.03. The monoisotopic (exact) mass is 218 g/mol. The molecule has 72 valence electrons. The van der Waals surface area contributed by atoms with Gasteiger partial charge in [-0.15, -0.1) is 0 Å². The summed E-state index contributed by atoms with van der Waals surface area (Å²) in [6, 6.07) is 5.46. The normalized spacial score (nSPS) is 12.9. The number of rotatable bonds is 3. The van der Waals surface area contributed by atoms with E-state index in [2.05, 4.69) is 0 Å². The van der Waals surface area contributed by atoms with Crippen LogP contribution in [-0.2, 0) is 4.52 Å². The molecule has 1 unspecified atom stereocenters. The molecule has 1 aromatic carbocycles. The predicted molar refractivity (Wildman–Crippen MR) is 56.6 cm³/mol. The summed E-state index contributed by atoms with van der Waals surface area (Å²) in [5.74, 6) is 0. The number of aryl methyl sites for hydroxylation is 1. The summed E-state index contributed by atoms with van der Waals surface area (Å²) in [6.07, 6.45) is 0. The van der Waals surface area contributed by atoms with Crippen molar-refractivity contribution in [1.29, 1.82) is 0 Å². The minimum atomic E-state index is -1.49. The molecule has 4 heteroatoms. The molecule has 0 fully saturated rings. The molecular weight excluding hydrogens is 207 g/mol. The molecule has 0 aliphatic heterocycles. The van der Waals surface area contributed by atoms with Gasteiger partial charge in [0.1, 0.15) is 0 Å². The fourth-order valence-corrected chi connectivity index (χ4v) is 2.35. The number of halogens is 1. The highest BCUT2D eigenvalue weighted by molar-refractivity contribution is 7.55. The molecule has 0 spiro atoms. The first-order valence-electron chi connectivity index (χ1n) is 4.02. The summed E-state index contributed by atoms with van der Waals surface area (Å²) in [7, 11) is -1.49. The second-order valence-corrected chi connectivity index (χ2v) is 4.43. The highest BCUT2D eigenvalue weighted by Gasteiger charge is 2.08. The lowest BCUT2D eigenvalue weighted by atomic mass is 10.2. The maximum Gasteiger partial charge on any atom is 0.202 e. The topological polar surface area (TPSA) is 29.5 Å². The molecule has 0 aliphatic rings. The molecule has 0 amide bonds. The van der Waals surface area contributed by atoms with Gasteiger partial charge in [-0.2, -0.15) is 0 Å². The first kappa shape index (κ1) is 10.9. The van der Waals surface area contributed by atoms with E-state index in [-0.39, 0.29) is 0 Å². The van der Waals surface area contributed by atoms with Gasteiger partial charge in [-0.25, -0.2) is 0 Å². The molecule has 0 aromatic heterocycles. The van der Waals surface area contributed by atoms with E-state index in [9.17, 15) is 4.89 Å². The Kier molecular flexibility index (Phi) is 4.14. The van der Waals surface area contributed by atoms with Gasteiger partial charge in [0.2, 0.25) is 8.38 Å². The third-order valence-corrected chi connectivity index (χ3v) is 2.92. The molecule has 13 heavy (non-hydrogen) atoms. The lowest BCUT2D eigenvalue weighted by molar-refractivity contribution is 0.337. The first-order valence-corrected chi connectivity index (χ1v) is 5.61. The summed E-state index contributed by atoms with van der Waals surface area (Å²) < 4.78 is 5.10. The minimum absolute atomic E-state index is 0.508. The summed E-state index contributed by atoms with van der Waals surface area (Å²) in [4.78, 5) is 9.55. The van der Waals surface area contributed by atoms with Crippen LogP contribution in [-0.4, -0.2) is 11.5 Å². The fraction of sp³-hybridized carbons (Fsp3) is 0.333. The van der Waals surface area contributed by atoms with Gasteiger partial charge in [-0.1, -0.05) is 11.6 Å². The number of hydrogen-bond donors (Lipinski definition) is 1. The Morgan fingerprint density at radius 2 is 2.15 bits per heavy atom. The summed E-state index contributed by atoms with van der Waals surface area (Å²) in [5.41, 5.74) is 1.03. The Hall–Kier alpha value is -0.140. The van der Waals surface area contributed by atoms with Crippen molar-refractivity contribution in [2.24, 2.45) is 0 Å². The van der Waals surface area contributed by atoms with Crippen molar-refractivity contribution < 1.29 is 9.42 Å². The molecular formula is C9H12ClO2P. The van der Waals surface area contributed by atoms with Gasteiger partial charge in [0, 0.05) is 10.3 Å². The van der Waals surface area contributed by atoms with Gasteiger partial charge in [0.15, 0.2) is 0 Å². The summed E-state index contributed by atoms with van der Waals surface area (Å²) >= 11 is 5.84. The number of benzene rings is 1. The van der Waals surface area contributed by atoms with Crippen LogP contribution in [0.2, 0.25) is 5.02 Å². The maximum absolute atomic E-state index is 9.55. The predicted octanol–water partition coefficient (Wildman–Crippen LogP) is 2.61. The highest BCUT2D eigenvalue weighted by atomic mass is 35.5. The van der Waals surface area contributed by atoms with Gasteiger partial charge in [0.25, 0.3) is 0 Å². The Labute approximate surface area is 84.4 Å². The molecule has 1 atom stereocenters. The van der Waals surface area contributed by atoms with Crippen LogP contribution in [0.25, 0.3) is 0 Å². The van der Waals surface area contributed by atoms with Crippen LogP contribution < -0.4 is 5.30 Å². The second-order valence-electron chi connectivity index (χ2n) is 2.68. The largest absolute Gasteiger partial charge is 0.346 e. The van der Waals surface area contributed by atoms with Crippen LogP contribution in [0.3, 0.4) is 0 Å². The van der Waals surface area contributed by atoms with Gasteiger partial charge in [0.05, 0.1) is 6.61 Å². The molecule has 0 aliphatic carbocycles. The number of hydrogen-bond acceptors (Lipinski definition) is 2. The van der Waals surface area contributed by atoms with Crippen molar-refractivity contribution in [2.75, 3.05) is 6.61 Å². The molecule has 2 nitrogen and oxygen atoms in total. The average molecular weight is 219 g/mol. The van der Waals surface area contributed by atoms with Crippen molar-refractivity contribution >= 4 is 25.3 Å². The van der Waals surface area contributed by atoms with E-state index in [1.807, 2.05) is 26.0 Å². The van der Waals surface area contributed by atoms with Crippen molar-refractivity contribution in [2.45, 2.75) is 13.8 Å². The second kappa shape index (κ2) is 4.92. The van der Waals surface area contributed by atoms with Crippen LogP contribution in [0.4, 0.5) is 0 Å². The zero-order valence-electron chi connectivity index (χ0n) is 7.62. The van der Waals surface area contributed by atoms with E-state index < -0.39 is 8.38 Å². The standard InChI is InChI=1S/C9H12ClO2P/c1-3-12-13(11)9-5-7(2)4-8(10)6-9/h4-6,11H,3H2,1-2H3. The Morgan fingerprint density at radius 1 is 1.46 bits per heavy atom. The molecule has 1 aromatic rings. The maximum atomic E-state index is 9.55. The SMILES string of the molecule is CCOP(O)c1cc(C)cc(Cl)c1. The van der Waals surface area contributed by atoms with E-state index in [1.54, 1.807) is 6.07 Å². The van der Waals surface area contributed by atoms with Gasteiger partial charge in [-0.3, -0.25) is 0 Å². The van der Waals surface area contributed by atoms with Crippen molar-refractivity contribution in [3.8, 4) is 0 Å². The van der Waals surface area contributed by atoms with Gasteiger partial charge >= 0.3 is 0 Å². The average Bonchev–Trinajstić information content (AvgIpc) is 2.03. The lowest BCUT2D eigenvalue weighted by Gasteiger charge is -2.10. The van der Waals surface area contributed by atoms with Crippen LogP contribution in [0.5, 0.6) is 0 Å². The third-order valence-electron chi connectivity index (χ3n) is 1.50. The Bertz CT molecular complexity index is 271. The highest BCUT2D eigenvalue weighted by Crippen LogP contribution is 2.31. The molecule has 0 heterocycles. The molecule has 0 bridgehead atoms. The van der Waals surface area contributed by atoms with E-state index in [4.69, 9.17) is 16.1 Å². The van der Waals surface area contributed by atoms with E-state index >= 15 is 0 Å². The molecule has 0 saturated carbocycles. The Balaban J connectivity index is 2.87. The quantitative estimate of drug-likeness (QED) is 0.791. The van der Waals surface area contributed by atoms with Crippen LogP contribution in [0.15, 0.2) is 18.2 Å². The minimum Gasteiger partial charge on any atom is -0.346 e. The fourth-order valence-electron chi connectivity index (χ4n) is 1.02. The van der Waals surface area contributed by atoms with E-state index in [1.165, 1.54) is 0 Å². The van der Waals surface area contributed by atoms with E-state index in [0.717, 1.165) is 10.9 Å². The van der Waals surface area contributed by atoms with Crippen LogP contribution >= 0.6 is 20.0 Å². The summed E-state index contributed by atoms with van der Waals surface area (Å²) in [5, 5.41) is 1.40. The zero-order chi connectivity index (χ0) is 9.84. The van der Waals surface area contributed by atoms with Gasteiger partial charge < -0.3 is 9.42 Å². The smallest absolute Gasteiger partial charge is 0.202 e. The van der Waals surface area contributed by atoms with Crippen LogP contribution in [0.1, 0.15) is 12.5 Å². The van der Waals surface area contributed by atoms with Crippen LogP contribution in [0, 0.1) is 6.92 Å². The zero-order valence-corrected chi connectivity index (χ0v) is 9.27. The third kappa shape index (κ3) is 3.24. The van der Waals surface area contributed by atoms with Gasteiger partial charge in [-0.05, 0) is 37.6 Å².